The minimum Gasteiger partial charge on any atom is -0.306 e. The first-order valence-electron chi connectivity index (χ1n) is 6.21. The van der Waals surface area contributed by atoms with Gasteiger partial charge in [0, 0.05) is 12.6 Å². The average molecular weight is 367 g/mol. The molecule has 6 heteroatoms. The summed E-state index contributed by atoms with van der Waals surface area (Å²) in [4.78, 5) is 0. The Morgan fingerprint density at radius 2 is 1.71 bits per heavy atom. The van der Waals surface area contributed by atoms with Crippen LogP contribution in [0, 0.1) is 5.82 Å². The van der Waals surface area contributed by atoms with Gasteiger partial charge < -0.3 is 5.32 Å². The lowest BCUT2D eigenvalue weighted by Crippen LogP contribution is -2.18. The molecule has 0 fully saturated rings. The van der Waals surface area contributed by atoms with Crippen LogP contribution in [-0.2, 0) is 6.54 Å². The highest BCUT2D eigenvalue weighted by molar-refractivity contribution is 6.48. The quantitative estimate of drug-likeness (QED) is 0.627. The summed E-state index contributed by atoms with van der Waals surface area (Å²) in [7, 11) is 0. The Hall–Kier alpha value is -0.510. The largest absolute Gasteiger partial charge is 0.306 e. The van der Waals surface area contributed by atoms with Crippen molar-refractivity contribution in [3.63, 3.8) is 0 Å². The van der Waals surface area contributed by atoms with Gasteiger partial charge in [0.15, 0.2) is 0 Å². The molecule has 112 valence electrons. The highest BCUT2D eigenvalue weighted by Gasteiger charge is 2.14. The number of hydrogen-bond acceptors (Lipinski definition) is 1. The minimum absolute atomic E-state index is 0.0453. The molecule has 0 aromatic heterocycles. The monoisotopic (exact) mass is 365 g/mol. The summed E-state index contributed by atoms with van der Waals surface area (Å²) in [6.45, 7) is 2.48. The third-order valence-corrected chi connectivity index (χ3v) is 4.73. The molecule has 1 atom stereocenters. The Labute approximate surface area is 143 Å². The Bertz CT molecular complexity index is 660. The van der Waals surface area contributed by atoms with Crippen molar-refractivity contribution >= 4 is 46.4 Å². The fourth-order valence-corrected chi connectivity index (χ4v) is 2.82. The van der Waals surface area contributed by atoms with Crippen molar-refractivity contribution in [3.8, 4) is 0 Å². The summed E-state index contributed by atoms with van der Waals surface area (Å²) in [5.41, 5.74) is 1.73. The molecule has 1 unspecified atom stereocenters. The molecule has 2 aromatic rings. The topological polar surface area (TPSA) is 12.0 Å². The lowest BCUT2D eigenvalue weighted by molar-refractivity contribution is 0.573. The molecule has 0 aliphatic heterocycles. The van der Waals surface area contributed by atoms with Crippen LogP contribution < -0.4 is 5.32 Å². The van der Waals surface area contributed by atoms with E-state index in [1.807, 2.05) is 13.0 Å². The van der Waals surface area contributed by atoms with Gasteiger partial charge >= 0.3 is 0 Å². The fourth-order valence-electron chi connectivity index (χ4n) is 1.91. The van der Waals surface area contributed by atoms with E-state index in [0.717, 1.165) is 11.1 Å². The standard InChI is InChI=1S/C15H12Cl4FN/c1-8(10-3-4-11(16)15(19)14(10)18)21-7-9-2-5-13(20)12(17)6-9/h2-6,8,21H,7H2,1H3. The van der Waals surface area contributed by atoms with E-state index < -0.39 is 5.82 Å². The highest BCUT2D eigenvalue weighted by Crippen LogP contribution is 2.35. The predicted molar refractivity (Wildman–Crippen MR) is 88.1 cm³/mol. The number of hydrogen-bond donors (Lipinski definition) is 1. The van der Waals surface area contributed by atoms with Crippen molar-refractivity contribution < 1.29 is 4.39 Å². The molecule has 0 aliphatic rings. The Morgan fingerprint density at radius 3 is 2.38 bits per heavy atom. The van der Waals surface area contributed by atoms with Gasteiger partial charge in [-0.3, -0.25) is 0 Å². The van der Waals surface area contributed by atoms with Crippen LogP contribution in [0.1, 0.15) is 24.1 Å². The second-order valence-corrected chi connectivity index (χ2v) is 6.19. The van der Waals surface area contributed by atoms with Crippen LogP contribution >= 0.6 is 46.4 Å². The molecule has 2 rings (SSSR count). The Morgan fingerprint density at radius 1 is 1.00 bits per heavy atom. The normalized spacial score (nSPS) is 12.5. The maximum absolute atomic E-state index is 13.1. The van der Waals surface area contributed by atoms with Crippen LogP contribution in [0.25, 0.3) is 0 Å². The second kappa shape index (κ2) is 7.17. The summed E-state index contributed by atoms with van der Waals surface area (Å²) < 4.78 is 13.1. The lowest BCUT2D eigenvalue weighted by atomic mass is 10.1. The Balaban J connectivity index is 2.10. The third kappa shape index (κ3) is 4.02. The molecule has 21 heavy (non-hydrogen) atoms. The molecule has 0 saturated heterocycles. The Kier molecular flexibility index (Phi) is 5.75. The number of nitrogens with one attached hydrogen (secondary N) is 1. The van der Waals surface area contributed by atoms with Gasteiger partial charge in [0.25, 0.3) is 0 Å². The molecular weight excluding hydrogens is 355 g/mol. The van der Waals surface area contributed by atoms with E-state index in [4.69, 9.17) is 46.4 Å². The lowest BCUT2D eigenvalue weighted by Gasteiger charge is -2.17. The third-order valence-electron chi connectivity index (χ3n) is 3.13. The summed E-state index contributed by atoms with van der Waals surface area (Å²) in [6, 6.07) is 8.10. The van der Waals surface area contributed by atoms with E-state index >= 15 is 0 Å². The van der Waals surface area contributed by atoms with E-state index in [9.17, 15) is 4.39 Å². The van der Waals surface area contributed by atoms with Crippen molar-refractivity contribution in [2.45, 2.75) is 19.5 Å². The SMILES string of the molecule is CC(NCc1ccc(F)c(Cl)c1)c1ccc(Cl)c(Cl)c1Cl. The first-order chi connectivity index (χ1) is 9.90. The zero-order valence-corrected chi connectivity index (χ0v) is 14.1. The molecule has 1 nitrogen and oxygen atoms in total. The zero-order valence-electron chi connectivity index (χ0n) is 11.1. The summed E-state index contributed by atoms with van der Waals surface area (Å²) in [6.07, 6.45) is 0. The fraction of sp³-hybridized carbons (Fsp3) is 0.200. The van der Waals surface area contributed by atoms with Gasteiger partial charge in [0.1, 0.15) is 5.82 Å². The van der Waals surface area contributed by atoms with Crippen molar-refractivity contribution in [3.05, 3.63) is 67.4 Å². The molecule has 0 spiro atoms. The maximum Gasteiger partial charge on any atom is 0.141 e. The minimum atomic E-state index is -0.430. The highest BCUT2D eigenvalue weighted by atomic mass is 35.5. The van der Waals surface area contributed by atoms with Gasteiger partial charge in [-0.05, 0) is 36.2 Å². The van der Waals surface area contributed by atoms with E-state index in [1.165, 1.54) is 6.07 Å². The van der Waals surface area contributed by atoms with Crippen LogP contribution in [0.3, 0.4) is 0 Å². The maximum atomic E-state index is 13.1. The molecule has 2 aromatic carbocycles. The summed E-state index contributed by atoms with van der Waals surface area (Å²) in [5.74, 6) is -0.430. The molecule has 0 aliphatic carbocycles. The van der Waals surface area contributed by atoms with Crippen molar-refractivity contribution in [2.75, 3.05) is 0 Å². The van der Waals surface area contributed by atoms with Crippen LogP contribution in [-0.4, -0.2) is 0 Å². The second-order valence-electron chi connectivity index (χ2n) is 4.62. The van der Waals surface area contributed by atoms with E-state index in [1.54, 1.807) is 18.2 Å². The molecule has 0 heterocycles. The molecule has 0 bridgehead atoms. The van der Waals surface area contributed by atoms with Crippen LogP contribution in [0.2, 0.25) is 20.1 Å². The van der Waals surface area contributed by atoms with Crippen molar-refractivity contribution in [1.82, 2.24) is 5.32 Å². The van der Waals surface area contributed by atoms with Crippen LogP contribution in [0.15, 0.2) is 30.3 Å². The average Bonchev–Trinajstić information content (AvgIpc) is 2.46. The smallest absolute Gasteiger partial charge is 0.141 e. The number of benzene rings is 2. The van der Waals surface area contributed by atoms with Gasteiger partial charge in [0.2, 0.25) is 0 Å². The molecule has 0 saturated carbocycles. The van der Waals surface area contributed by atoms with Gasteiger partial charge in [-0.15, -0.1) is 0 Å². The summed E-state index contributed by atoms with van der Waals surface area (Å²) in [5, 5.41) is 4.58. The first kappa shape index (κ1) is 16.9. The predicted octanol–water partition coefficient (Wildman–Crippen LogP) is 6.29. The van der Waals surface area contributed by atoms with Gasteiger partial charge in [-0.1, -0.05) is 58.5 Å². The van der Waals surface area contributed by atoms with Crippen LogP contribution in [0.4, 0.5) is 4.39 Å². The number of halogens is 5. The van der Waals surface area contributed by atoms with E-state index in [0.29, 0.717) is 21.6 Å². The van der Waals surface area contributed by atoms with E-state index in [-0.39, 0.29) is 11.1 Å². The first-order valence-corrected chi connectivity index (χ1v) is 7.72. The van der Waals surface area contributed by atoms with Crippen molar-refractivity contribution in [1.29, 1.82) is 0 Å². The molecule has 0 amide bonds. The summed E-state index contributed by atoms with van der Waals surface area (Å²) >= 11 is 23.9. The molecule has 0 radical (unpaired) electrons. The zero-order chi connectivity index (χ0) is 15.6. The molecular formula is C15H12Cl4FN. The van der Waals surface area contributed by atoms with E-state index in [2.05, 4.69) is 5.32 Å². The van der Waals surface area contributed by atoms with Gasteiger partial charge in [0.05, 0.1) is 20.1 Å². The van der Waals surface area contributed by atoms with Crippen molar-refractivity contribution in [2.24, 2.45) is 0 Å². The van der Waals surface area contributed by atoms with Gasteiger partial charge in [-0.25, -0.2) is 4.39 Å². The molecule has 1 N–H and O–H groups in total. The number of rotatable bonds is 4. The van der Waals surface area contributed by atoms with Gasteiger partial charge in [-0.2, -0.15) is 0 Å². The van der Waals surface area contributed by atoms with Crippen LogP contribution in [0.5, 0.6) is 0 Å².